The van der Waals surface area contributed by atoms with Gasteiger partial charge in [0.15, 0.2) is 5.82 Å². The number of hydrogen-bond donors (Lipinski definition) is 0. The van der Waals surface area contributed by atoms with Crippen molar-refractivity contribution in [3.8, 4) is 22.9 Å². The summed E-state index contributed by atoms with van der Waals surface area (Å²) in [6, 6.07) is 14.3. The smallest absolute Gasteiger partial charge is 0.308 e. The molecule has 140 valence electrons. The number of esters is 1. The number of methoxy groups -OCH3 is 1. The lowest BCUT2D eigenvalue weighted by atomic mass is 10.2. The zero-order chi connectivity index (χ0) is 19.7. The molecule has 0 amide bonds. The Morgan fingerprint density at radius 2 is 1.89 bits per heavy atom. The molecule has 2 heterocycles. The Morgan fingerprint density at radius 1 is 1.14 bits per heavy atom. The predicted molar refractivity (Wildman–Crippen MR) is 106 cm³/mol. The van der Waals surface area contributed by atoms with E-state index < -0.39 is 0 Å². The molecule has 0 N–H and O–H groups in total. The summed E-state index contributed by atoms with van der Waals surface area (Å²) in [4.78, 5) is 28.6. The molecule has 0 unspecified atom stereocenters. The molecule has 2 aromatic heterocycles. The lowest BCUT2D eigenvalue weighted by Crippen LogP contribution is -2.23. The minimum Gasteiger partial charge on any atom is -0.496 e. The van der Waals surface area contributed by atoms with E-state index in [1.165, 1.54) is 22.8 Å². The Bertz CT molecular complexity index is 1280. The average Bonchev–Trinajstić information content (AvgIpc) is 3.22. The van der Waals surface area contributed by atoms with Gasteiger partial charge in [0, 0.05) is 6.92 Å². The number of nitrogens with zero attached hydrogens (tertiary/aromatic N) is 3. The maximum absolute atomic E-state index is 12.7. The number of fused-ring (bicyclic) bond motifs is 1. The molecule has 4 aromatic rings. The predicted octanol–water partition coefficient (Wildman–Crippen LogP) is 2.30. The number of para-hydroxylation sites is 1. The third-order valence-electron chi connectivity index (χ3n) is 3.97. The Balaban J connectivity index is 1.71. The number of benzene rings is 2. The molecule has 28 heavy (non-hydrogen) atoms. The number of carbonyl (C=O) groups excluding carboxylic acids is 1. The number of thiazole rings is 1. The van der Waals surface area contributed by atoms with E-state index >= 15 is 0 Å². The second-order valence-electron chi connectivity index (χ2n) is 5.91. The first-order valence-electron chi connectivity index (χ1n) is 8.38. The van der Waals surface area contributed by atoms with E-state index in [1.807, 2.05) is 24.3 Å². The van der Waals surface area contributed by atoms with Crippen LogP contribution < -0.4 is 19.6 Å². The van der Waals surface area contributed by atoms with E-state index in [4.69, 9.17) is 9.47 Å². The molecule has 0 saturated carbocycles. The number of carbonyl (C=O) groups is 1. The van der Waals surface area contributed by atoms with Gasteiger partial charge >= 0.3 is 5.97 Å². The van der Waals surface area contributed by atoms with E-state index in [9.17, 15) is 9.59 Å². The van der Waals surface area contributed by atoms with Crippen LogP contribution in [0.5, 0.6) is 11.5 Å². The maximum Gasteiger partial charge on any atom is 0.308 e. The molecule has 7 nitrogen and oxygen atoms in total. The highest BCUT2D eigenvalue weighted by atomic mass is 32.1. The van der Waals surface area contributed by atoms with E-state index in [0.717, 1.165) is 11.1 Å². The molecule has 0 aliphatic heterocycles. The van der Waals surface area contributed by atoms with Crippen molar-refractivity contribution in [1.82, 2.24) is 14.6 Å². The van der Waals surface area contributed by atoms with Gasteiger partial charge in [0.2, 0.25) is 4.96 Å². The van der Waals surface area contributed by atoms with Crippen LogP contribution in [0.3, 0.4) is 0 Å². The van der Waals surface area contributed by atoms with Crippen molar-refractivity contribution in [3.05, 3.63) is 69.0 Å². The van der Waals surface area contributed by atoms with Crippen LogP contribution in [-0.2, 0) is 4.79 Å². The van der Waals surface area contributed by atoms with Gasteiger partial charge in [0.1, 0.15) is 11.5 Å². The van der Waals surface area contributed by atoms with Crippen molar-refractivity contribution in [1.29, 1.82) is 0 Å². The largest absolute Gasteiger partial charge is 0.496 e. The third-order valence-corrected chi connectivity index (χ3v) is 4.93. The van der Waals surface area contributed by atoms with Gasteiger partial charge < -0.3 is 9.47 Å². The lowest BCUT2D eigenvalue weighted by Gasteiger charge is -2.03. The highest BCUT2D eigenvalue weighted by Crippen LogP contribution is 2.27. The van der Waals surface area contributed by atoms with Gasteiger partial charge in [-0.3, -0.25) is 9.59 Å². The quantitative estimate of drug-likeness (QED) is 0.391. The summed E-state index contributed by atoms with van der Waals surface area (Å²) in [6.45, 7) is 1.34. The van der Waals surface area contributed by atoms with Crippen LogP contribution in [0.2, 0.25) is 0 Å². The average molecular weight is 393 g/mol. The number of ether oxygens (including phenoxy) is 2. The summed E-state index contributed by atoms with van der Waals surface area (Å²) in [7, 11) is 1.58. The SMILES string of the molecule is COc1ccccc1-c1nc2sc(=Cc3ccc(OC(C)=O)cc3)c(=O)n2n1. The molecular formula is C20H15N3O4S. The van der Waals surface area contributed by atoms with Gasteiger partial charge in [0.25, 0.3) is 5.56 Å². The monoisotopic (exact) mass is 393 g/mol. The first kappa shape index (κ1) is 17.9. The minimum atomic E-state index is -0.380. The first-order valence-corrected chi connectivity index (χ1v) is 9.20. The fourth-order valence-corrected chi connectivity index (χ4v) is 3.63. The lowest BCUT2D eigenvalue weighted by molar-refractivity contribution is -0.131. The van der Waals surface area contributed by atoms with Crippen LogP contribution in [-0.4, -0.2) is 27.7 Å². The van der Waals surface area contributed by atoms with Crippen LogP contribution >= 0.6 is 11.3 Å². The zero-order valence-electron chi connectivity index (χ0n) is 15.1. The minimum absolute atomic E-state index is 0.238. The van der Waals surface area contributed by atoms with Crippen LogP contribution in [0.4, 0.5) is 0 Å². The van der Waals surface area contributed by atoms with E-state index in [1.54, 1.807) is 37.5 Å². The molecule has 0 aliphatic carbocycles. The number of hydrogen-bond acceptors (Lipinski definition) is 7. The topological polar surface area (TPSA) is 82.8 Å². The maximum atomic E-state index is 12.7. The Kier molecular flexibility index (Phi) is 4.62. The second-order valence-corrected chi connectivity index (χ2v) is 6.92. The zero-order valence-corrected chi connectivity index (χ0v) is 15.9. The van der Waals surface area contributed by atoms with Crippen molar-refractivity contribution >= 4 is 28.3 Å². The molecule has 0 radical (unpaired) electrons. The van der Waals surface area contributed by atoms with Crippen molar-refractivity contribution in [2.24, 2.45) is 0 Å². The fourth-order valence-electron chi connectivity index (χ4n) is 2.73. The van der Waals surface area contributed by atoms with Gasteiger partial charge in [-0.15, -0.1) is 5.10 Å². The molecule has 0 bridgehead atoms. The van der Waals surface area contributed by atoms with Gasteiger partial charge in [-0.05, 0) is 35.9 Å². The summed E-state index contributed by atoms with van der Waals surface area (Å²) < 4.78 is 12.2. The molecular weight excluding hydrogens is 378 g/mol. The van der Waals surface area contributed by atoms with Crippen LogP contribution in [0, 0.1) is 0 Å². The molecule has 4 rings (SSSR count). The Morgan fingerprint density at radius 3 is 2.57 bits per heavy atom. The normalized spacial score (nSPS) is 11.7. The van der Waals surface area contributed by atoms with E-state index in [2.05, 4.69) is 10.1 Å². The number of rotatable bonds is 4. The van der Waals surface area contributed by atoms with Crippen molar-refractivity contribution in [2.45, 2.75) is 6.92 Å². The fraction of sp³-hybridized carbons (Fsp3) is 0.100. The highest BCUT2D eigenvalue weighted by molar-refractivity contribution is 7.15. The highest BCUT2D eigenvalue weighted by Gasteiger charge is 2.14. The van der Waals surface area contributed by atoms with Crippen molar-refractivity contribution in [3.63, 3.8) is 0 Å². The van der Waals surface area contributed by atoms with Crippen LogP contribution in [0.15, 0.2) is 53.3 Å². The molecule has 8 heteroatoms. The van der Waals surface area contributed by atoms with Gasteiger partial charge in [-0.2, -0.15) is 9.50 Å². The second kappa shape index (κ2) is 7.24. The van der Waals surface area contributed by atoms with Crippen LogP contribution in [0.25, 0.3) is 22.4 Å². The summed E-state index contributed by atoms with van der Waals surface area (Å²) in [5.74, 6) is 1.16. The number of aromatic nitrogens is 3. The molecule has 0 aliphatic rings. The standard InChI is InChI=1S/C20H15N3O4S/c1-12(24)27-14-9-7-13(8-10-14)11-17-19(25)23-20(28-17)21-18(22-23)15-5-3-4-6-16(15)26-2/h3-11H,1-2H3. The van der Waals surface area contributed by atoms with Gasteiger partial charge in [-0.1, -0.05) is 35.6 Å². The summed E-state index contributed by atoms with van der Waals surface area (Å²) in [6.07, 6.45) is 1.75. The molecule has 0 spiro atoms. The molecule has 2 aromatic carbocycles. The molecule has 0 atom stereocenters. The van der Waals surface area contributed by atoms with Crippen molar-refractivity contribution < 1.29 is 14.3 Å². The van der Waals surface area contributed by atoms with Crippen LogP contribution in [0.1, 0.15) is 12.5 Å². The Hall–Kier alpha value is -3.52. The molecule has 0 saturated heterocycles. The molecule has 0 fully saturated rings. The van der Waals surface area contributed by atoms with Crippen molar-refractivity contribution in [2.75, 3.05) is 7.11 Å². The van der Waals surface area contributed by atoms with E-state index in [-0.39, 0.29) is 11.5 Å². The van der Waals surface area contributed by atoms with Gasteiger partial charge in [0.05, 0.1) is 17.2 Å². The summed E-state index contributed by atoms with van der Waals surface area (Å²) >= 11 is 1.26. The van der Waals surface area contributed by atoms with Gasteiger partial charge in [-0.25, -0.2) is 0 Å². The Labute approximate surface area is 163 Å². The van der Waals surface area contributed by atoms with E-state index in [0.29, 0.717) is 26.8 Å². The first-order chi connectivity index (χ1) is 13.5. The summed E-state index contributed by atoms with van der Waals surface area (Å²) in [5, 5.41) is 4.35. The summed E-state index contributed by atoms with van der Waals surface area (Å²) in [5.41, 5.74) is 1.30. The third kappa shape index (κ3) is 3.37.